The normalized spacial score (nSPS) is 20.9. The lowest BCUT2D eigenvalue weighted by Crippen LogP contribution is -2.38. The van der Waals surface area contributed by atoms with Gasteiger partial charge in [-0.2, -0.15) is 0 Å². The van der Waals surface area contributed by atoms with E-state index in [1.807, 2.05) is 25.1 Å². The van der Waals surface area contributed by atoms with Crippen molar-refractivity contribution >= 4 is 5.82 Å². The van der Waals surface area contributed by atoms with Crippen LogP contribution in [-0.4, -0.2) is 34.6 Å². The zero-order valence-corrected chi connectivity index (χ0v) is 14.2. The first-order valence-corrected chi connectivity index (χ1v) is 8.91. The Balaban J connectivity index is 1.37. The van der Waals surface area contributed by atoms with Crippen LogP contribution < -0.4 is 9.64 Å². The SMILES string of the molecule is Cc1cccc(OCC2CCCN(c3cc(C4CC4)ncn3)C2)n1. The summed E-state index contributed by atoms with van der Waals surface area (Å²) in [7, 11) is 0. The van der Waals surface area contributed by atoms with E-state index in [0.717, 1.165) is 30.5 Å². The summed E-state index contributed by atoms with van der Waals surface area (Å²) in [6.45, 7) is 4.77. The lowest BCUT2D eigenvalue weighted by Gasteiger charge is -2.33. The molecule has 0 radical (unpaired) electrons. The van der Waals surface area contributed by atoms with Crippen molar-refractivity contribution in [2.75, 3.05) is 24.6 Å². The molecule has 1 unspecified atom stereocenters. The Labute approximate surface area is 143 Å². The average Bonchev–Trinajstić information content (AvgIpc) is 3.46. The highest BCUT2D eigenvalue weighted by Gasteiger charge is 2.27. The molecule has 5 nitrogen and oxygen atoms in total. The molecule has 1 saturated heterocycles. The van der Waals surface area contributed by atoms with Gasteiger partial charge < -0.3 is 9.64 Å². The van der Waals surface area contributed by atoms with Gasteiger partial charge in [0.2, 0.25) is 5.88 Å². The number of aryl methyl sites for hydroxylation is 1. The van der Waals surface area contributed by atoms with Crippen molar-refractivity contribution in [2.24, 2.45) is 5.92 Å². The van der Waals surface area contributed by atoms with Crippen LogP contribution in [0.2, 0.25) is 0 Å². The smallest absolute Gasteiger partial charge is 0.213 e. The van der Waals surface area contributed by atoms with Crippen molar-refractivity contribution in [3.05, 3.63) is 42.0 Å². The lowest BCUT2D eigenvalue weighted by molar-refractivity contribution is 0.221. The molecule has 1 atom stereocenters. The summed E-state index contributed by atoms with van der Waals surface area (Å²) in [5, 5.41) is 0. The van der Waals surface area contributed by atoms with Crippen LogP contribution >= 0.6 is 0 Å². The first-order chi connectivity index (χ1) is 11.8. The van der Waals surface area contributed by atoms with E-state index in [0.29, 0.717) is 18.4 Å². The minimum Gasteiger partial charge on any atom is -0.477 e. The maximum absolute atomic E-state index is 5.91. The number of piperidine rings is 1. The van der Waals surface area contributed by atoms with Gasteiger partial charge in [0, 0.05) is 48.4 Å². The van der Waals surface area contributed by atoms with E-state index < -0.39 is 0 Å². The molecule has 1 aliphatic heterocycles. The van der Waals surface area contributed by atoms with Gasteiger partial charge in [-0.3, -0.25) is 0 Å². The molecule has 2 aliphatic rings. The first-order valence-electron chi connectivity index (χ1n) is 8.91. The summed E-state index contributed by atoms with van der Waals surface area (Å²) in [5.41, 5.74) is 2.20. The maximum atomic E-state index is 5.91. The Morgan fingerprint density at radius 2 is 2.12 bits per heavy atom. The minimum atomic E-state index is 0.514. The Bertz CT molecular complexity index is 701. The van der Waals surface area contributed by atoms with Crippen LogP contribution in [0.3, 0.4) is 0 Å². The quantitative estimate of drug-likeness (QED) is 0.844. The van der Waals surface area contributed by atoms with Crippen LogP contribution in [0.5, 0.6) is 5.88 Å². The standard InChI is InChI=1S/C19H24N4O/c1-14-4-2-6-19(22-14)24-12-15-5-3-9-23(11-15)18-10-17(16-7-8-16)20-13-21-18/h2,4,6,10,13,15-16H,3,5,7-9,11-12H2,1H3. The van der Waals surface area contributed by atoms with Crippen molar-refractivity contribution in [3.8, 4) is 5.88 Å². The number of ether oxygens (including phenoxy) is 1. The molecular formula is C19H24N4O. The molecular weight excluding hydrogens is 300 g/mol. The minimum absolute atomic E-state index is 0.514. The Morgan fingerprint density at radius 3 is 2.96 bits per heavy atom. The molecule has 1 saturated carbocycles. The third kappa shape index (κ3) is 3.66. The van der Waals surface area contributed by atoms with E-state index in [2.05, 4.69) is 25.9 Å². The fourth-order valence-electron chi connectivity index (χ4n) is 3.35. The number of hydrogen-bond donors (Lipinski definition) is 0. The molecule has 126 valence electrons. The molecule has 2 fully saturated rings. The molecule has 2 aromatic rings. The molecule has 0 amide bonds. The highest BCUT2D eigenvalue weighted by molar-refractivity contribution is 5.41. The second-order valence-corrected chi connectivity index (χ2v) is 6.96. The zero-order chi connectivity index (χ0) is 16.4. The van der Waals surface area contributed by atoms with Crippen LogP contribution in [0.1, 0.15) is 43.0 Å². The van der Waals surface area contributed by atoms with Gasteiger partial charge in [-0.05, 0) is 38.7 Å². The van der Waals surface area contributed by atoms with Gasteiger partial charge in [0.05, 0.1) is 6.61 Å². The molecule has 2 aromatic heterocycles. The second kappa shape index (κ2) is 6.75. The Kier molecular flexibility index (Phi) is 4.32. The molecule has 4 rings (SSSR count). The predicted octanol–water partition coefficient (Wildman–Crippen LogP) is 3.35. The average molecular weight is 324 g/mol. The van der Waals surface area contributed by atoms with Crippen LogP contribution in [0.25, 0.3) is 0 Å². The Hall–Kier alpha value is -2.17. The number of pyridine rings is 1. The largest absolute Gasteiger partial charge is 0.477 e. The molecule has 0 bridgehead atoms. The van der Waals surface area contributed by atoms with Crippen molar-refractivity contribution in [1.29, 1.82) is 0 Å². The summed E-state index contributed by atoms with van der Waals surface area (Å²) in [6, 6.07) is 8.09. The lowest BCUT2D eigenvalue weighted by atomic mass is 9.99. The Morgan fingerprint density at radius 1 is 1.21 bits per heavy atom. The fraction of sp³-hybridized carbons (Fsp3) is 0.526. The summed E-state index contributed by atoms with van der Waals surface area (Å²) in [5.74, 6) is 2.99. The van der Waals surface area contributed by atoms with E-state index in [9.17, 15) is 0 Å². The van der Waals surface area contributed by atoms with Crippen LogP contribution in [0.4, 0.5) is 5.82 Å². The van der Waals surface area contributed by atoms with Gasteiger partial charge in [-0.25, -0.2) is 15.0 Å². The molecule has 5 heteroatoms. The van der Waals surface area contributed by atoms with E-state index in [1.54, 1.807) is 6.33 Å². The molecule has 24 heavy (non-hydrogen) atoms. The molecule has 3 heterocycles. The fourth-order valence-corrected chi connectivity index (χ4v) is 3.35. The van der Waals surface area contributed by atoms with Gasteiger partial charge in [-0.1, -0.05) is 6.07 Å². The number of anilines is 1. The van der Waals surface area contributed by atoms with E-state index in [4.69, 9.17) is 4.74 Å². The summed E-state index contributed by atoms with van der Waals surface area (Å²) < 4.78 is 5.91. The third-order valence-electron chi connectivity index (χ3n) is 4.84. The molecule has 0 aromatic carbocycles. The van der Waals surface area contributed by atoms with Gasteiger partial charge in [0.25, 0.3) is 0 Å². The van der Waals surface area contributed by atoms with E-state index >= 15 is 0 Å². The van der Waals surface area contributed by atoms with E-state index in [-0.39, 0.29) is 0 Å². The predicted molar refractivity (Wildman–Crippen MR) is 93.4 cm³/mol. The number of aromatic nitrogens is 3. The molecule has 0 spiro atoms. The topological polar surface area (TPSA) is 51.1 Å². The molecule has 0 N–H and O–H groups in total. The maximum Gasteiger partial charge on any atom is 0.213 e. The van der Waals surface area contributed by atoms with Crippen molar-refractivity contribution in [1.82, 2.24) is 15.0 Å². The third-order valence-corrected chi connectivity index (χ3v) is 4.84. The van der Waals surface area contributed by atoms with Crippen LogP contribution in [-0.2, 0) is 0 Å². The number of nitrogens with zero attached hydrogens (tertiary/aromatic N) is 4. The van der Waals surface area contributed by atoms with Gasteiger partial charge in [0.15, 0.2) is 0 Å². The number of hydrogen-bond acceptors (Lipinski definition) is 5. The molecule has 1 aliphatic carbocycles. The van der Waals surface area contributed by atoms with Crippen LogP contribution in [0.15, 0.2) is 30.6 Å². The summed E-state index contributed by atoms with van der Waals surface area (Å²) in [6.07, 6.45) is 6.65. The second-order valence-electron chi connectivity index (χ2n) is 6.96. The number of rotatable bonds is 5. The van der Waals surface area contributed by atoms with Gasteiger partial charge >= 0.3 is 0 Å². The highest BCUT2D eigenvalue weighted by atomic mass is 16.5. The van der Waals surface area contributed by atoms with E-state index in [1.165, 1.54) is 31.4 Å². The van der Waals surface area contributed by atoms with Crippen molar-refractivity contribution < 1.29 is 4.74 Å². The summed E-state index contributed by atoms with van der Waals surface area (Å²) >= 11 is 0. The summed E-state index contributed by atoms with van der Waals surface area (Å²) in [4.78, 5) is 15.7. The van der Waals surface area contributed by atoms with Crippen molar-refractivity contribution in [2.45, 2.75) is 38.5 Å². The first kappa shape index (κ1) is 15.4. The van der Waals surface area contributed by atoms with Crippen molar-refractivity contribution in [3.63, 3.8) is 0 Å². The van der Waals surface area contributed by atoms with Crippen LogP contribution in [0, 0.1) is 12.8 Å². The van der Waals surface area contributed by atoms with Gasteiger partial charge in [0.1, 0.15) is 12.1 Å². The highest BCUT2D eigenvalue weighted by Crippen LogP contribution is 2.39. The zero-order valence-electron chi connectivity index (χ0n) is 14.2. The van der Waals surface area contributed by atoms with Gasteiger partial charge in [-0.15, -0.1) is 0 Å². The monoisotopic (exact) mass is 324 g/mol.